The van der Waals surface area contributed by atoms with E-state index in [0.29, 0.717) is 5.95 Å². The van der Waals surface area contributed by atoms with Crippen LogP contribution in [0.5, 0.6) is 0 Å². The molecule has 6 heteroatoms. The minimum atomic E-state index is 0.673. The fourth-order valence-corrected chi connectivity index (χ4v) is 2.04. The van der Waals surface area contributed by atoms with Crippen LogP contribution in [-0.4, -0.2) is 42.8 Å². The van der Waals surface area contributed by atoms with Gasteiger partial charge in [-0.15, -0.1) is 0 Å². The number of nitrogens with one attached hydrogen (secondary N) is 1. The van der Waals surface area contributed by atoms with Crippen LogP contribution in [0.1, 0.15) is 6.92 Å². The van der Waals surface area contributed by atoms with Gasteiger partial charge in [-0.05, 0) is 22.9 Å². The summed E-state index contributed by atoms with van der Waals surface area (Å²) in [4.78, 5) is 10.9. The van der Waals surface area contributed by atoms with E-state index in [2.05, 4.69) is 36.1 Å². The quantitative estimate of drug-likeness (QED) is 0.913. The Bertz CT molecular complexity index is 355. The second-order valence-electron chi connectivity index (χ2n) is 3.49. The van der Waals surface area contributed by atoms with E-state index in [4.69, 9.17) is 4.74 Å². The van der Waals surface area contributed by atoms with Gasteiger partial charge in [-0.3, -0.25) is 0 Å². The van der Waals surface area contributed by atoms with Crippen LogP contribution in [0.3, 0.4) is 0 Å². The molecule has 1 N–H and O–H groups in total. The summed E-state index contributed by atoms with van der Waals surface area (Å²) < 4.78 is 6.25. The molecule has 0 atom stereocenters. The summed E-state index contributed by atoms with van der Waals surface area (Å²) in [6.45, 7) is 6.12. The molecule has 1 saturated heterocycles. The molecule has 0 bridgehead atoms. The number of hydrogen-bond donors (Lipinski definition) is 1. The molecule has 1 aliphatic heterocycles. The first-order chi connectivity index (χ1) is 7.81. The van der Waals surface area contributed by atoms with Gasteiger partial charge < -0.3 is 15.0 Å². The fourth-order valence-electron chi connectivity index (χ4n) is 1.60. The SMILES string of the molecule is CCNc1ncc(Br)c(N2CCOCC2)n1. The lowest BCUT2D eigenvalue weighted by atomic mass is 10.4. The molecule has 5 nitrogen and oxygen atoms in total. The number of ether oxygens (including phenoxy) is 1. The largest absolute Gasteiger partial charge is 0.378 e. The van der Waals surface area contributed by atoms with Crippen molar-refractivity contribution in [2.24, 2.45) is 0 Å². The highest BCUT2D eigenvalue weighted by Crippen LogP contribution is 2.24. The van der Waals surface area contributed by atoms with Crippen LogP contribution in [0.4, 0.5) is 11.8 Å². The van der Waals surface area contributed by atoms with Crippen LogP contribution in [0.25, 0.3) is 0 Å². The average molecular weight is 287 g/mol. The Hall–Kier alpha value is -0.880. The van der Waals surface area contributed by atoms with Crippen LogP contribution in [0, 0.1) is 0 Å². The van der Waals surface area contributed by atoms with E-state index >= 15 is 0 Å². The summed E-state index contributed by atoms with van der Waals surface area (Å²) in [5, 5.41) is 3.11. The lowest BCUT2D eigenvalue weighted by molar-refractivity contribution is 0.122. The minimum absolute atomic E-state index is 0.673. The highest BCUT2D eigenvalue weighted by molar-refractivity contribution is 9.10. The van der Waals surface area contributed by atoms with Crippen molar-refractivity contribution in [1.82, 2.24) is 9.97 Å². The van der Waals surface area contributed by atoms with Crippen LogP contribution < -0.4 is 10.2 Å². The zero-order chi connectivity index (χ0) is 11.4. The van der Waals surface area contributed by atoms with Gasteiger partial charge in [0.1, 0.15) is 5.82 Å². The monoisotopic (exact) mass is 286 g/mol. The molecular formula is C10H15BrN4O. The Kier molecular flexibility index (Phi) is 3.95. The third-order valence-corrected chi connectivity index (χ3v) is 2.93. The predicted molar refractivity (Wildman–Crippen MR) is 66.9 cm³/mol. The maximum absolute atomic E-state index is 5.32. The number of nitrogens with zero attached hydrogens (tertiary/aromatic N) is 3. The molecule has 0 spiro atoms. The van der Waals surface area contributed by atoms with Gasteiger partial charge >= 0.3 is 0 Å². The lowest BCUT2D eigenvalue weighted by Gasteiger charge is -2.28. The van der Waals surface area contributed by atoms with E-state index in [-0.39, 0.29) is 0 Å². The van der Waals surface area contributed by atoms with Crippen molar-refractivity contribution in [3.05, 3.63) is 10.7 Å². The molecule has 0 radical (unpaired) electrons. The van der Waals surface area contributed by atoms with E-state index in [1.807, 2.05) is 6.92 Å². The molecule has 1 fully saturated rings. The summed E-state index contributed by atoms with van der Waals surface area (Å²) >= 11 is 3.48. The minimum Gasteiger partial charge on any atom is -0.378 e. The van der Waals surface area contributed by atoms with Crippen molar-refractivity contribution in [2.45, 2.75) is 6.92 Å². The smallest absolute Gasteiger partial charge is 0.224 e. The molecule has 2 heterocycles. The van der Waals surface area contributed by atoms with Gasteiger partial charge in [-0.25, -0.2) is 4.98 Å². The van der Waals surface area contributed by atoms with Crippen molar-refractivity contribution >= 4 is 27.7 Å². The van der Waals surface area contributed by atoms with Crippen LogP contribution >= 0.6 is 15.9 Å². The zero-order valence-electron chi connectivity index (χ0n) is 9.24. The first-order valence-electron chi connectivity index (χ1n) is 5.40. The molecule has 0 saturated carbocycles. The molecule has 1 aromatic heterocycles. The van der Waals surface area contributed by atoms with Gasteiger partial charge in [0.05, 0.1) is 17.7 Å². The molecule has 1 aliphatic rings. The van der Waals surface area contributed by atoms with E-state index in [1.54, 1.807) is 6.20 Å². The number of anilines is 2. The highest BCUT2D eigenvalue weighted by atomic mass is 79.9. The van der Waals surface area contributed by atoms with Crippen molar-refractivity contribution in [2.75, 3.05) is 43.1 Å². The summed E-state index contributed by atoms with van der Waals surface area (Å²) in [6.07, 6.45) is 1.79. The Morgan fingerprint density at radius 3 is 2.94 bits per heavy atom. The van der Waals surface area contributed by atoms with Crippen molar-refractivity contribution < 1.29 is 4.74 Å². The molecular weight excluding hydrogens is 272 g/mol. The third-order valence-electron chi connectivity index (χ3n) is 2.37. The molecule has 2 rings (SSSR count). The summed E-state index contributed by atoms with van der Waals surface area (Å²) in [7, 11) is 0. The first kappa shape index (κ1) is 11.6. The molecule has 0 amide bonds. The maximum atomic E-state index is 5.32. The van der Waals surface area contributed by atoms with Gasteiger partial charge in [-0.2, -0.15) is 4.98 Å². The molecule has 0 unspecified atom stereocenters. The molecule has 0 aliphatic carbocycles. The Labute approximate surface area is 103 Å². The van der Waals surface area contributed by atoms with Gasteiger partial charge in [-0.1, -0.05) is 0 Å². The predicted octanol–water partition coefficient (Wildman–Crippen LogP) is 1.51. The number of aromatic nitrogens is 2. The van der Waals surface area contributed by atoms with E-state index < -0.39 is 0 Å². The number of rotatable bonds is 3. The Morgan fingerprint density at radius 1 is 1.50 bits per heavy atom. The van der Waals surface area contributed by atoms with Crippen molar-refractivity contribution in [1.29, 1.82) is 0 Å². The summed E-state index contributed by atoms with van der Waals surface area (Å²) in [5.41, 5.74) is 0. The number of halogens is 1. The summed E-state index contributed by atoms with van der Waals surface area (Å²) in [5.74, 6) is 1.61. The first-order valence-corrected chi connectivity index (χ1v) is 6.19. The normalized spacial score (nSPS) is 16.2. The molecule has 16 heavy (non-hydrogen) atoms. The van der Waals surface area contributed by atoms with Crippen LogP contribution in [0.2, 0.25) is 0 Å². The van der Waals surface area contributed by atoms with E-state index in [9.17, 15) is 0 Å². The highest BCUT2D eigenvalue weighted by Gasteiger charge is 2.16. The van der Waals surface area contributed by atoms with E-state index in [0.717, 1.165) is 43.1 Å². The standard InChI is InChI=1S/C10H15BrN4O/c1-2-12-10-13-7-8(11)9(14-10)15-3-5-16-6-4-15/h7H,2-6H2,1H3,(H,12,13,14). The third kappa shape index (κ3) is 2.62. The van der Waals surface area contributed by atoms with Gasteiger partial charge in [0, 0.05) is 25.8 Å². The topological polar surface area (TPSA) is 50.3 Å². The van der Waals surface area contributed by atoms with Crippen molar-refractivity contribution in [3.63, 3.8) is 0 Å². The Balaban J connectivity index is 2.19. The number of hydrogen-bond acceptors (Lipinski definition) is 5. The average Bonchev–Trinajstić information content (AvgIpc) is 2.33. The molecule has 88 valence electrons. The van der Waals surface area contributed by atoms with Crippen LogP contribution in [0.15, 0.2) is 10.7 Å². The summed E-state index contributed by atoms with van der Waals surface area (Å²) in [6, 6.07) is 0. The molecule has 1 aromatic rings. The lowest BCUT2D eigenvalue weighted by Crippen LogP contribution is -2.37. The molecule has 0 aromatic carbocycles. The van der Waals surface area contributed by atoms with Crippen molar-refractivity contribution in [3.8, 4) is 0 Å². The van der Waals surface area contributed by atoms with Gasteiger partial charge in [0.15, 0.2) is 0 Å². The van der Waals surface area contributed by atoms with E-state index in [1.165, 1.54) is 0 Å². The number of morpholine rings is 1. The second kappa shape index (κ2) is 5.45. The Morgan fingerprint density at radius 2 is 2.25 bits per heavy atom. The van der Waals surface area contributed by atoms with Gasteiger partial charge in [0.2, 0.25) is 5.95 Å². The van der Waals surface area contributed by atoms with Gasteiger partial charge in [0.25, 0.3) is 0 Å². The second-order valence-corrected chi connectivity index (χ2v) is 4.35. The maximum Gasteiger partial charge on any atom is 0.224 e. The zero-order valence-corrected chi connectivity index (χ0v) is 10.8. The van der Waals surface area contributed by atoms with Crippen LogP contribution in [-0.2, 0) is 4.74 Å². The fraction of sp³-hybridized carbons (Fsp3) is 0.600.